The maximum atomic E-state index is 9.66. The molecule has 0 spiro atoms. The van der Waals surface area contributed by atoms with Gasteiger partial charge in [0, 0.05) is 25.2 Å². The fraction of sp³-hybridized carbons (Fsp3) is 0.474. The number of hydrogen-bond acceptors (Lipinski definition) is 4. The van der Waals surface area contributed by atoms with Crippen LogP contribution in [-0.2, 0) is 6.54 Å². The molecule has 0 atom stereocenters. The van der Waals surface area contributed by atoms with Crippen LogP contribution in [0.2, 0.25) is 0 Å². The van der Waals surface area contributed by atoms with E-state index in [2.05, 4.69) is 46.2 Å². The molecule has 0 radical (unpaired) electrons. The summed E-state index contributed by atoms with van der Waals surface area (Å²) in [5.74, 6) is 2.21. The van der Waals surface area contributed by atoms with Gasteiger partial charge in [-0.05, 0) is 26.7 Å². The number of piperidine rings is 1. The normalized spacial score (nSPS) is 15.7. The lowest BCUT2D eigenvalue weighted by molar-refractivity contribution is 0.108. The second kappa shape index (κ2) is 9.91. The number of aryl methyl sites for hydroxylation is 1. The summed E-state index contributed by atoms with van der Waals surface area (Å²) >= 11 is 0. The highest BCUT2D eigenvalue weighted by Gasteiger charge is 2.19. The van der Waals surface area contributed by atoms with Gasteiger partial charge in [0.05, 0.1) is 12.3 Å². The molecule has 0 aliphatic carbocycles. The Morgan fingerprint density at radius 3 is 2.65 bits per heavy atom. The average molecular weight is 470 g/mol. The zero-order valence-corrected chi connectivity index (χ0v) is 17.6. The third kappa shape index (κ3) is 5.44. The monoisotopic (exact) mass is 470 g/mol. The minimum absolute atomic E-state index is 0. The number of nitrogens with zero attached hydrogens (tertiary/aromatic N) is 3. The molecule has 0 amide bonds. The SMILES string of the molecule is CCNC(=NCc1ncc(-c2ccc(C)cc2)o1)N1CCC(O)CC1.I. The topological polar surface area (TPSA) is 73.9 Å². The largest absolute Gasteiger partial charge is 0.439 e. The van der Waals surface area contributed by atoms with E-state index in [0.29, 0.717) is 12.4 Å². The molecule has 2 N–H and O–H groups in total. The van der Waals surface area contributed by atoms with E-state index in [1.54, 1.807) is 6.20 Å². The molecule has 0 unspecified atom stereocenters. The fourth-order valence-electron chi connectivity index (χ4n) is 2.88. The van der Waals surface area contributed by atoms with Crippen LogP contribution in [0.4, 0.5) is 0 Å². The van der Waals surface area contributed by atoms with Gasteiger partial charge in [0.2, 0.25) is 5.89 Å². The van der Waals surface area contributed by atoms with Gasteiger partial charge in [-0.1, -0.05) is 29.8 Å². The second-order valence-electron chi connectivity index (χ2n) is 6.37. The number of likely N-dealkylation sites (tertiary alicyclic amines) is 1. The molecule has 1 aliphatic rings. The highest BCUT2D eigenvalue weighted by atomic mass is 127. The van der Waals surface area contributed by atoms with Crippen LogP contribution in [0.3, 0.4) is 0 Å². The summed E-state index contributed by atoms with van der Waals surface area (Å²) in [7, 11) is 0. The molecule has 1 aliphatic heterocycles. The molecule has 26 heavy (non-hydrogen) atoms. The number of aromatic nitrogens is 1. The predicted molar refractivity (Wildman–Crippen MR) is 114 cm³/mol. The molecule has 7 heteroatoms. The molecule has 3 rings (SSSR count). The third-order valence-electron chi connectivity index (χ3n) is 4.35. The first-order valence-electron chi connectivity index (χ1n) is 8.88. The van der Waals surface area contributed by atoms with Crippen molar-refractivity contribution in [3.8, 4) is 11.3 Å². The summed E-state index contributed by atoms with van der Waals surface area (Å²) in [5, 5.41) is 13.0. The number of oxazole rings is 1. The number of rotatable bonds is 4. The molecule has 2 aromatic rings. The average Bonchev–Trinajstić information content (AvgIpc) is 3.09. The number of aliphatic hydroxyl groups is 1. The van der Waals surface area contributed by atoms with E-state index in [9.17, 15) is 5.11 Å². The third-order valence-corrected chi connectivity index (χ3v) is 4.35. The number of benzene rings is 1. The van der Waals surface area contributed by atoms with E-state index in [1.807, 2.05) is 12.1 Å². The van der Waals surface area contributed by atoms with Crippen LogP contribution in [-0.4, -0.2) is 46.7 Å². The standard InChI is InChI=1S/C19H26N4O2.HI/c1-3-20-19(23-10-8-16(24)9-11-23)22-13-18-21-12-17(25-18)15-6-4-14(2)5-7-15;/h4-7,12,16,24H,3,8-11,13H2,1-2H3,(H,20,22);1H. The number of guanidine groups is 1. The molecule has 6 nitrogen and oxygen atoms in total. The van der Waals surface area contributed by atoms with Crippen molar-refractivity contribution in [1.82, 2.24) is 15.2 Å². The number of aliphatic imine (C=N–C) groups is 1. The fourth-order valence-corrected chi connectivity index (χ4v) is 2.88. The molecule has 0 saturated carbocycles. The van der Waals surface area contributed by atoms with Crippen LogP contribution in [0, 0.1) is 6.92 Å². The van der Waals surface area contributed by atoms with Crippen molar-refractivity contribution in [2.24, 2.45) is 4.99 Å². The minimum Gasteiger partial charge on any atom is -0.439 e. The van der Waals surface area contributed by atoms with E-state index in [0.717, 1.165) is 49.8 Å². The highest BCUT2D eigenvalue weighted by Crippen LogP contribution is 2.21. The Balaban J connectivity index is 0.00000243. The highest BCUT2D eigenvalue weighted by molar-refractivity contribution is 14.0. The number of hydrogen-bond donors (Lipinski definition) is 2. The van der Waals surface area contributed by atoms with E-state index >= 15 is 0 Å². The quantitative estimate of drug-likeness (QED) is 0.408. The molecule has 1 fully saturated rings. The van der Waals surface area contributed by atoms with Gasteiger partial charge < -0.3 is 19.7 Å². The van der Waals surface area contributed by atoms with Gasteiger partial charge in [-0.25, -0.2) is 9.98 Å². The zero-order valence-electron chi connectivity index (χ0n) is 15.3. The van der Waals surface area contributed by atoms with Gasteiger partial charge in [-0.15, -0.1) is 24.0 Å². The van der Waals surface area contributed by atoms with Crippen molar-refractivity contribution in [2.75, 3.05) is 19.6 Å². The van der Waals surface area contributed by atoms with Gasteiger partial charge in [0.15, 0.2) is 11.7 Å². The van der Waals surface area contributed by atoms with Gasteiger partial charge in [-0.3, -0.25) is 0 Å². The molecule has 2 heterocycles. The van der Waals surface area contributed by atoms with E-state index in [1.165, 1.54) is 5.56 Å². The van der Waals surface area contributed by atoms with Gasteiger partial charge in [0.25, 0.3) is 0 Å². The van der Waals surface area contributed by atoms with Gasteiger partial charge in [-0.2, -0.15) is 0 Å². The van der Waals surface area contributed by atoms with Gasteiger partial charge >= 0.3 is 0 Å². The molecule has 1 saturated heterocycles. The summed E-state index contributed by atoms with van der Waals surface area (Å²) < 4.78 is 5.84. The minimum atomic E-state index is -0.192. The summed E-state index contributed by atoms with van der Waals surface area (Å²) in [4.78, 5) is 11.2. The molecule has 1 aromatic heterocycles. The van der Waals surface area contributed by atoms with Crippen LogP contribution < -0.4 is 5.32 Å². The Kier molecular flexibility index (Phi) is 7.89. The summed E-state index contributed by atoms with van der Waals surface area (Å²) in [6.07, 6.45) is 3.12. The van der Waals surface area contributed by atoms with Crippen molar-refractivity contribution in [3.63, 3.8) is 0 Å². The maximum absolute atomic E-state index is 9.66. The zero-order chi connectivity index (χ0) is 17.6. The van der Waals surface area contributed by atoms with E-state index < -0.39 is 0 Å². The lowest BCUT2D eigenvalue weighted by Crippen LogP contribution is -2.46. The van der Waals surface area contributed by atoms with Crippen LogP contribution in [0.1, 0.15) is 31.2 Å². The summed E-state index contributed by atoms with van der Waals surface area (Å²) in [5.41, 5.74) is 2.24. The number of halogens is 1. The van der Waals surface area contributed by atoms with Crippen molar-refractivity contribution in [1.29, 1.82) is 0 Å². The van der Waals surface area contributed by atoms with Crippen LogP contribution in [0.5, 0.6) is 0 Å². The molecular weight excluding hydrogens is 443 g/mol. The van der Waals surface area contributed by atoms with Gasteiger partial charge in [0.1, 0.15) is 6.54 Å². The Bertz CT molecular complexity index is 707. The Morgan fingerprint density at radius 1 is 1.31 bits per heavy atom. The van der Waals surface area contributed by atoms with E-state index in [-0.39, 0.29) is 30.1 Å². The first-order chi connectivity index (χ1) is 12.2. The smallest absolute Gasteiger partial charge is 0.216 e. The van der Waals surface area contributed by atoms with Crippen LogP contribution in [0.15, 0.2) is 39.9 Å². The van der Waals surface area contributed by atoms with Crippen LogP contribution >= 0.6 is 24.0 Å². The lowest BCUT2D eigenvalue weighted by atomic mass is 10.1. The summed E-state index contributed by atoms with van der Waals surface area (Å²) in [6, 6.07) is 8.19. The van der Waals surface area contributed by atoms with E-state index in [4.69, 9.17) is 4.42 Å². The van der Waals surface area contributed by atoms with Crippen molar-refractivity contribution >= 4 is 29.9 Å². The number of nitrogens with one attached hydrogen (secondary N) is 1. The second-order valence-corrected chi connectivity index (χ2v) is 6.37. The Labute approximate surface area is 171 Å². The molecule has 0 bridgehead atoms. The molecular formula is C19H27IN4O2. The first-order valence-corrected chi connectivity index (χ1v) is 8.88. The predicted octanol–water partition coefficient (Wildman–Crippen LogP) is 3.19. The molecule has 1 aromatic carbocycles. The Morgan fingerprint density at radius 2 is 2.00 bits per heavy atom. The van der Waals surface area contributed by atoms with Crippen molar-refractivity contribution < 1.29 is 9.52 Å². The van der Waals surface area contributed by atoms with Crippen molar-refractivity contribution in [3.05, 3.63) is 41.9 Å². The lowest BCUT2D eigenvalue weighted by Gasteiger charge is -2.32. The molecule has 142 valence electrons. The number of aliphatic hydroxyl groups excluding tert-OH is 1. The van der Waals surface area contributed by atoms with Crippen molar-refractivity contribution in [2.45, 2.75) is 39.3 Å². The maximum Gasteiger partial charge on any atom is 0.216 e. The Hall–Kier alpha value is -1.61. The van der Waals surface area contributed by atoms with Crippen LogP contribution in [0.25, 0.3) is 11.3 Å². The first kappa shape index (κ1) is 20.7. The summed E-state index contributed by atoms with van der Waals surface area (Å²) in [6.45, 7) is 6.94.